The Morgan fingerprint density at radius 3 is 1.72 bits per heavy atom. The van der Waals surface area contributed by atoms with Crippen LogP contribution in [0.1, 0.15) is 25.0 Å². The molecule has 9 aromatic carbocycles. The average molecular weight is 690 g/mol. The SMILES string of the molecule is CC1(C)c2ccccc2-c2c(N(c3ccc(-c4cccc5ccccc45)cc3)c3ccccc3-c3ccc(-c4ccc5ccccc5c4)cc3)cccc21. The van der Waals surface area contributed by atoms with Gasteiger partial charge in [-0.1, -0.05) is 184 Å². The third kappa shape index (κ3) is 5.24. The van der Waals surface area contributed by atoms with E-state index in [0.29, 0.717) is 0 Å². The van der Waals surface area contributed by atoms with Crippen LogP contribution in [-0.4, -0.2) is 0 Å². The first-order chi connectivity index (χ1) is 26.5. The third-order valence-corrected chi connectivity index (χ3v) is 11.5. The molecule has 0 fully saturated rings. The summed E-state index contributed by atoms with van der Waals surface area (Å²) in [6.45, 7) is 4.71. The van der Waals surface area contributed by atoms with Crippen LogP contribution >= 0.6 is 0 Å². The van der Waals surface area contributed by atoms with Crippen LogP contribution in [0.15, 0.2) is 200 Å². The summed E-state index contributed by atoms with van der Waals surface area (Å²) < 4.78 is 0. The molecule has 0 bridgehead atoms. The molecule has 1 heteroatoms. The molecule has 0 aromatic heterocycles. The van der Waals surface area contributed by atoms with Crippen molar-refractivity contribution >= 4 is 38.6 Å². The number of fused-ring (bicyclic) bond motifs is 5. The molecule has 0 unspecified atom stereocenters. The van der Waals surface area contributed by atoms with E-state index in [4.69, 9.17) is 0 Å². The molecule has 0 aliphatic heterocycles. The first-order valence-corrected chi connectivity index (χ1v) is 18.8. The molecule has 0 spiro atoms. The Bertz CT molecular complexity index is 2840. The third-order valence-electron chi connectivity index (χ3n) is 11.5. The Morgan fingerprint density at radius 2 is 0.889 bits per heavy atom. The van der Waals surface area contributed by atoms with E-state index >= 15 is 0 Å². The van der Waals surface area contributed by atoms with Crippen molar-refractivity contribution in [2.24, 2.45) is 0 Å². The van der Waals surface area contributed by atoms with Gasteiger partial charge in [-0.25, -0.2) is 0 Å². The quantitative estimate of drug-likeness (QED) is 0.168. The molecule has 9 aromatic rings. The monoisotopic (exact) mass is 689 g/mol. The minimum atomic E-state index is -0.107. The highest BCUT2D eigenvalue weighted by Gasteiger charge is 2.37. The zero-order valence-corrected chi connectivity index (χ0v) is 30.5. The molecule has 10 rings (SSSR count). The highest BCUT2D eigenvalue weighted by molar-refractivity contribution is 6.00. The number of hydrogen-bond donors (Lipinski definition) is 0. The van der Waals surface area contributed by atoms with Crippen molar-refractivity contribution in [3.8, 4) is 44.5 Å². The van der Waals surface area contributed by atoms with Crippen LogP contribution in [0.3, 0.4) is 0 Å². The molecule has 1 aliphatic rings. The highest BCUT2D eigenvalue weighted by Crippen LogP contribution is 2.55. The molecule has 0 saturated heterocycles. The van der Waals surface area contributed by atoms with Gasteiger partial charge in [-0.3, -0.25) is 0 Å². The Balaban J connectivity index is 1.13. The molecule has 1 nitrogen and oxygen atoms in total. The van der Waals surface area contributed by atoms with Gasteiger partial charge in [-0.15, -0.1) is 0 Å². The minimum absolute atomic E-state index is 0.107. The lowest BCUT2D eigenvalue weighted by Crippen LogP contribution is -2.16. The van der Waals surface area contributed by atoms with Crippen molar-refractivity contribution in [3.05, 3.63) is 211 Å². The van der Waals surface area contributed by atoms with Gasteiger partial charge in [0, 0.05) is 22.2 Å². The summed E-state index contributed by atoms with van der Waals surface area (Å²) in [5.41, 5.74) is 15.9. The zero-order chi connectivity index (χ0) is 36.2. The Labute approximate surface area is 317 Å². The van der Waals surface area contributed by atoms with Crippen molar-refractivity contribution in [2.45, 2.75) is 19.3 Å². The van der Waals surface area contributed by atoms with E-state index < -0.39 is 0 Å². The second-order valence-electron chi connectivity index (χ2n) is 14.9. The second kappa shape index (κ2) is 12.8. The zero-order valence-electron chi connectivity index (χ0n) is 30.5. The molecular formula is C53H39N. The van der Waals surface area contributed by atoms with Gasteiger partial charge in [0.1, 0.15) is 0 Å². The smallest absolute Gasteiger partial charge is 0.0543 e. The van der Waals surface area contributed by atoms with Crippen LogP contribution in [0.2, 0.25) is 0 Å². The molecule has 0 N–H and O–H groups in total. The number of benzene rings is 9. The number of nitrogens with zero attached hydrogens (tertiary/aromatic N) is 1. The maximum atomic E-state index is 2.48. The van der Waals surface area contributed by atoms with Crippen LogP contribution < -0.4 is 4.90 Å². The van der Waals surface area contributed by atoms with E-state index in [1.54, 1.807) is 0 Å². The number of rotatable bonds is 6. The van der Waals surface area contributed by atoms with Crippen LogP contribution in [0.5, 0.6) is 0 Å². The molecule has 54 heavy (non-hydrogen) atoms. The lowest BCUT2D eigenvalue weighted by Gasteiger charge is -2.30. The van der Waals surface area contributed by atoms with Gasteiger partial charge < -0.3 is 4.90 Å². The van der Waals surface area contributed by atoms with Crippen molar-refractivity contribution in [3.63, 3.8) is 0 Å². The Kier molecular flexibility index (Phi) is 7.56. The van der Waals surface area contributed by atoms with Crippen molar-refractivity contribution < 1.29 is 0 Å². The normalized spacial score (nSPS) is 12.8. The Morgan fingerprint density at radius 1 is 0.352 bits per heavy atom. The summed E-state index contributed by atoms with van der Waals surface area (Å²) >= 11 is 0. The maximum absolute atomic E-state index is 2.48. The van der Waals surface area contributed by atoms with E-state index in [0.717, 1.165) is 11.4 Å². The predicted molar refractivity (Wildman–Crippen MR) is 230 cm³/mol. The molecule has 0 amide bonds. The fraction of sp³-hybridized carbons (Fsp3) is 0.0566. The molecule has 0 radical (unpaired) electrons. The van der Waals surface area contributed by atoms with Gasteiger partial charge in [-0.05, 0) is 96.4 Å². The van der Waals surface area contributed by atoms with E-state index in [2.05, 4.69) is 219 Å². The predicted octanol–water partition coefficient (Wildman–Crippen LogP) is 14.8. The van der Waals surface area contributed by atoms with E-state index in [-0.39, 0.29) is 5.41 Å². The topological polar surface area (TPSA) is 3.24 Å². The van der Waals surface area contributed by atoms with E-state index in [9.17, 15) is 0 Å². The van der Waals surface area contributed by atoms with Crippen molar-refractivity contribution in [1.82, 2.24) is 0 Å². The summed E-state index contributed by atoms with van der Waals surface area (Å²) in [7, 11) is 0. The second-order valence-corrected chi connectivity index (χ2v) is 14.9. The van der Waals surface area contributed by atoms with E-state index in [1.165, 1.54) is 82.9 Å². The molecule has 0 atom stereocenters. The van der Waals surface area contributed by atoms with Crippen LogP contribution in [0.4, 0.5) is 17.1 Å². The molecular weight excluding hydrogens is 651 g/mol. The molecule has 1 aliphatic carbocycles. The van der Waals surface area contributed by atoms with Gasteiger partial charge in [-0.2, -0.15) is 0 Å². The molecule has 0 heterocycles. The van der Waals surface area contributed by atoms with E-state index in [1.807, 2.05) is 0 Å². The van der Waals surface area contributed by atoms with Gasteiger partial charge in [0.25, 0.3) is 0 Å². The van der Waals surface area contributed by atoms with Crippen molar-refractivity contribution in [1.29, 1.82) is 0 Å². The molecule has 0 saturated carbocycles. The van der Waals surface area contributed by atoms with Gasteiger partial charge >= 0.3 is 0 Å². The molecule has 256 valence electrons. The van der Waals surface area contributed by atoms with Gasteiger partial charge in [0.05, 0.1) is 11.4 Å². The summed E-state index contributed by atoms with van der Waals surface area (Å²) in [5, 5.41) is 5.03. The highest BCUT2D eigenvalue weighted by atomic mass is 15.1. The van der Waals surface area contributed by atoms with Crippen molar-refractivity contribution in [2.75, 3.05) is 4.90 Å². The fourth-order valence-corrected chi connectivity index (χ4v) is 8.72. The Hall–Kier alpha value is -6.70. The van der Waals surface area contributed by atoms with Gasteiger partial charge in [0.15, 0.2) is 0 Å². The lowest BCUT2D eigenvalue weighted by molar-refractivity contribution is 0.660. The number of hydrogen-bond acceptors (Lipinski definition) is 1. The summed E-state index contributed by atoms with van der Waals surface area (Å²) in [4.78, 5) is 2.48. The summed E-state index contributed by atoms with van der Waals surface area (Å²) in [6.07, 6.45) is 0. The summed E-state index contributed by atoms with van der Waals surface area (Å²) in [5.74, 6) is 0. The lowest BCUT2D eigenvalue weighted by atomic mass is 9.82. The number of para-hydroxylation sites is 1. The van der Waals surface area contributed by atoms with Crippen LogP contribution in [-0.2, 0) is 5.41 Å². The van der Waals surface area contributed by atoms with Crippen LogP contribution in [0, 0.1) is 0 Å². The first-order valence-electron chi connectivity index (χ1n) is 18.8. The standard InChI is InChI=1S/C53H39N/c1-53(2)48-21-9-7-19-47(48)52-49(53)22-12-24-51(52)54(43-33-31-39(32-34-43)45-20-11-16-38-14-5-6-17-44(38)45)50-23-10-8-18-46(50)40-28-25-37(26-29-40)42-30-27-36-13-3-4-15-41(36)35-42/h3-35H,1-2H3. The first kappa shape index (κ1) is 32.0. The summed E-state index contributed by atoms with van der Waals surface area (Å²) in [6, 6.07) is 73.4. The fourth-order valence-electron chi connectivity index (χ4n) is 8.72. The van der Waals surface area contributed by atoms with Crippen LogP contribution in [0.25, 0.3) is 66.1 Å². The number of anilines is 3. The average Bonchev–Trinajstić information content (AvgIpc) is 3.47. The largest absolute Gasteiger partial charge is 0.309 e. The minimum Gasteiger partial charge on any atom is -0.309 e. The van der Waals surface area contributed by atoms with Gasteiger partial charge in [0.2, 0.25) is 0 Å². The maximum Gasteiger partial charge on any atom is 0.0543 e.